The number of hydrogen-bond acceptors (Lipinski definition) is 4. The molecule has 0 aromatic heterocycles. The quantitative estimate of drug-likeness (QED) is 0.370. The van der Waals surface area contributed by atoms with Crippen molar-refractivity contribution in [2.45, 2.75) is 86.2 Å². The molecule has 198 valence electrons. The van der Waals surface area contributed by atoms with Crippen LogP contribution in [0.1, 0.15) is 93.9 Å². The molecule has 1 amide bonds. The SMILES string of the molecule is CCC(CC)(c1ccc(OCC(O)(C(C)C)C(C)C)c(C)c1)c1ccc(C(=O)NCC(C)=O)c(C)c1. The number of ether oxygens (including phenoxy) is 1. The van der Waals surface area contributed by atoms with Gasteiger partial charge in [-0.2, -0.15) is 0 Å². The highest BCUT2D eigenvalue weighted by molar-refractivity contribution is 5.97. The lowest BCUT2D eigenvalue weighted by atomic mass is 9.70. The molecule has 0 spiro atoms. The summed E-state index contributed by atoms with van der Waals surface area (Å²) in [4.78, 5) is 23.8. The van der Waals surface area contributed by atoms with Crippen molar-refractivity contribution in [1.82, 2.24) is 5.32 Å². The van der Waals surface area contributed by atoms with E-state index in [1.807, 2.05) is 59.7 Å². The zero-order valence-electron chi connectivity index (χ0n) is 23.6. The number of amides is 1. The third-order valence-corrected chi connectivity index (χ3v) is 7.91. The molecule has 5 heteroatoms. The maximum atomic E-state index is 12.5. The largest absolute Gasteiger partial charge is 0.490 e. The zero-order valence-corrected chi connectivity index (χ0v) is 23.6. The van der Waals surface area contributed by atoms with Gasteiger partial charge in [-0.3, -0.25) is 9.59 Å². The normalized spacial score (nSPS) is 12.2. The summed E-state index contributed by atoms with van der Waals surface area (Å²) < 4.78 is 6.15. The molecule has 36 heavy (non-hydrogen) atoms. The fourth-order valence-corrected chi connectivity index (χ4v) is 5.05. The van der Waals surface area contributed by atoms with Gasteiger partial charge in [0.1, 0.15) is 23.7 Å². The van der Waals surface area contributed by atoms with E-state index in [0.29, 0.717) is 5.56 Å². The second-order valence-corrected chi connectivity index (χ2v) is 10.8. The second kappa shape index (κ2) is 12.1. The predicted molar refractivity (Wildman–Crippen MR) is 147 cm³/mol. The number of ketones is 1. The maximum absolute atomic E-state index is 12.5. The maximum Gasteiger partial charge on any atom is 0.251 e. The standard InChI is InChI=1S/C31H45NO4/c1-10-30(11-2,25-12-14-27(22(7)16-25)29(34)32-18-24(9)33)26-13-15-28(23(8)17-26)36-19-31(35,20(3)4)21(5)6/h12-17,20-21,35H,10-11,18-19H2,1-9H3,(H,32,34). The van der Waals surface area contributed by atoms with Gasteiger partial charge in [0, 0.05) is 11.0 Å². The van der Waals surface area contributed by atoms with Crippen molar-refractivity contribution in [3.8, 4) is 5.75 Å². The van der Waals surface area contributed by atoms with Crippen molar-refractivity contribution in [3.63, 3.8) is 0 Å². The van der Waals surface area contributed by atoms with Gasteiger partial charge in [0.2, 0.25) is 0 Å². The van der Waals surface area contributed by atoms with Gasteiger partial charge in [0.25, 0.3) is 5.91 Å². The Balaban J connectivity index is 2.38. The summed E-state index contributed by atoms with van der Waals surface area (Å²) in [6.45, 7) is 18.2. The smallest absolute Gasteiger partial charge is 0.251 e. The molecule has 0 saturated heterocycles. The minimum absolute atomic E-state index is 0.0350. The van der Waals surface area contributed by atoms with Crippen LogP contribution in [0, 0.1) is 25.7 Å². The van der Waals surface area contributed by atoms with E-state index in [2.05, 4.69) is 37.4 Å². The van der Waals surface area contributed by atoms with Gasteiger partial charge in [-0.1, -0.05) is 65.8 Å². The summed E-state index contributed by atoms with van der Waals surface area (Å²) >= 11 is 0. The first kappa shape index (κ1) is 29.6. The predicted octanol–water partition coefficient (Wildman–Crippen LogP) is 6.15. The monoisotopic (exact) mass is 495 g/mol. The summed E-state index contributed by atoms with van der Waals surface area (Å²) in [5.74, 6) is 0.650. The minimum atomic E-state index is -0.891. The molecule has 0 radical (unpaired) electrons. The van der Waals surface area contributed by atoms with Crippen LogP contribution in [-0.2, 0) is 10.2 Å². The molecule has 0 fully saturated rings. The summed E-state index contributed by atoms with van der Waals surface area (Å²) in [6.07, 6.45) is 1.80. The topological polar surface area (TPSA) is 75.6 Å². The summed E-state index contributed by atoms with van der Waals surface area (Å²) in [6, 6.07) is 12.3. The first-order valence-electron chi connectivity index (χ1n) is 13.2. The van der Waals surface area contributed by atoms with Gasteiger partial charge >= 0.3 is 0 Å². The fraction of sp³-hybridized carbons (Fsp3) is 0.548. The summed E-state index contributed by atoms with van der Waals surface area (Å²) in [7, 11) is 0. The lowest BCUT2D eigenvalue weighted by Gasteiger charge is -2.36. The number of aryl methyl sites for hydroxylation is 2. The number of hydrogen-bond donors (Lipinski definition) is 2. The van der Waals surface area contributed by atoms with Crippen molar-refractivity contribution < 1.29 is 19.4 Å². The average molecular weight is 496 g/mol. The van der Waals surface area contributed by atoms with Crippen molar-refractivity contribution in [2.75, 3.05) is 13.2 Å². The number of rotatable bonds is 12. The lowest BCUT2D eigenvalue weighted by Crippen LogP contribution is -2.46. The van der Waals surface area contributed by atoms with E-state index in [9.17, 15) is 14.7 Å². The van der Waals surface area contributed by atoms with Crippen molar-refractivity contribution in [2.24, 2.45) is 11.8 Å². The molecule has 0 atom stereocenters. The molecule has 0 bridgehead atoms. The van der Waals surface area contributed by atoms with E-state index in [1.165, 1.54) is 12.5 Å². The fourth-order valence-electron chi connectivity index (χ4n) is 5.05. The number of carbonyl (C=O) groups excluding carboxylic acids is 2. The van der Waals surface area contributed by atoms with E-state index < -0.39 is 5.60 Å². The van der Waals surface area contributed by atoms with Gasteiger partial charge in [-0.05, 0) is 79.8 Å². The van der Waals surface area contributed by atoms with Crippen molar-refractivity contribution in [1.29, 1.82) is 0 Å². The van der Waals surface area contributed by atoms with Gasteiger partial charge in [0.15, 0.2) is 0 Å². The molecule has 2 aromatic rings. The van der Waals surface area contributed by atoms with Crippen LogP contribution in [-0.4, -0.2) is 35.5 Å². The number of nitrogens with one attached hydrogen (secondary N) is 1. The Morgan fingerprint density at radius 2 is 1.44 bits per heavy atom. The summed E-state index contributed by atoms with van der Waals surface area (Å²) in [5.41, 5.74) is 3.77. The van der Waals surface area contributed by atoms with Gasteiger partial charge in [-0.15, -0.1) is 0 Å². The van der Waals surface area contributed by atoms with Crippen LogP contribution < -0.4 is 10.1 Å². The lowest BCUT2D eigenvalue weighted by molar-refractivity contribution is -0.116. The molecule has 0 saturated carbocycles. The Morgan fingerprint density at radius 1 is 0.917 bits per heavy atom. The second-order valence-electron chi connectivity index (χ2n) is 10.8. The van der Waals surface area contributed by atoms with Gasteiger partial charge < -0.3 is 15.2 Å². The van der Waals surface area contributed by atoms with Crippen LogP contribution in [0.4, 0.5) is 0 Å². The van der Waals surface area contributed by atoms with E-state index in [0.717, 1.165) is 35.3 Å². The van der Waals surface area contributed by atoms with Crippen LogP contribution in [0.5, 0.6) is 5.75 Å². The molecule has 0 aliphatic carbocycles. The van der Waals surface area contributed by atoms with Crippen LogP contribution in [0.3, 0.4) is 0 Å². The molecule has 0 unspecified atom stereocenters. The zero-order chi connectivity index (χ0) is 27.3. The van der Waals surface area contributed by atoms with Crippen LogP contribution in [0.15, 0.2) is 36.4 Å². The molecular formula is C31H45NO4. The first-order valence-corrected chi connectivity index (χ1v) is 13.2. The number of benzene rings is 2. The Morgan fingerprint density at radius 3 is 1.89 bits per heavy atom. The Bertz CT molecular complexity index is 1060. The van der Waals surface area contributed by atoms with E-state index >= 15 is 0 Å². The molecule has 2 aromatic carbocycles. The third kappa shape index (κ3) is 6.18. The van der Waals surface area contributed by atoms with E-state index in [1.54, 1.807) is 0 Å². The van der Waals surface area contributed by atoms with Crippen LogP contribution in [0.2, 0.25) is 0 Å². The number of carbonyl (C=O) groups is 2. The first-order chi connectivity index (χ1) is 16.8. The summed E-state index contributed by atoms with van der Waals surface area (Å²) in [5, 5.41) is 13.8. The van der Waals surface area contributed by atoms with Crippen LogP contribution in [0.25, 0.3) is 0 Å². The Labute approximate surface area is 217 Å². The Hall–Kier alpha value is -2.66. The van der Waals surface area contributed by atoms with E-state index in [-0.39, 0.29) is 42.1 Å². The molecule has 0 aliphatic rings. The number of Topliss-reactive ketones (excluding diaryl/α,β-unsaturated/α-hetero) is 1. The van der Waals surface area contributed by atoms with Crippen molar-refractivity contribution >= 4 is 11.7 Å². The van der Waals surface area contributed by atoms with Gasteiger partial charge in [-0.25, -0.2) is 0 Å². The van der Waals surface area contributed by atoms with Crippen LogP contribution >= 0.6 is 0 Å². The number of aliphatic hydroxyl groups is 1. The van der Waals surface area contributed by atoms with E-state index in [4.69, 9.17) is 4.74 Å². The molecule has 0 heterocycles. The third-order valence-electron chi connectivity index (χ3n) is 7.91. The average Bonchev–Trinajstić information content (AvgIpc) is 2.82. The molecule has 5 nitrogen and oxygen atoms in total. The highest BCUT2D eigenvalue weighted by Gasteiger charge is 2.36. The van der Waals surface area contributed by atoms with Gasteiger partial charge in [0.05, 0.1) is 6.54 Å². The minimum Gasteiger partial charge on any atom is -0.490 e. The molecule has 0 aliphatic heterocycles. The molecule has 2 N–H and O–H groups in total. The van der Waals surface area contributed by atoms with Crippen molar-refractivity contribution in [3.05, 3.63) is 64.2 Å². The molecular weight excluding hydrogens is 450 g/mol. The highest BCUT2D eigenvalue weighted by atomic mass is 16.5. The Kier molecular flexibility index (Phi) is 9.90. The molecule has 2 rings (SSSR count). The highest BCUT2D eigenvalue weighted by Crippen LogP contribution is 2.41.